The number of nitrogens with zero attached hydrogens (tertiary/aromatic N) is 2. The third-order valence-electron chi connectivity index (χ3n) is 3.50. The Morgan fingerprint density at radius 2 is 2.12 bits per heavy atom. The Hall–Kier alpha value is -2.89. The van der Waals surface area contributed by atoms with Crippen LogP contribution in [0, 0.1) is 17.2 Å². The van der Waals surface area contributed by atoms with Gasteiger partial charge in [-0.25, -0.2) is 4.98 Å². The lowest BCUT2D eigenvalue weighted by Gasteiger charge is -2.09. The van der Waals surface area contributed by atoms with Gasteiger partial charge in [0.15, 0.2) is 16.6 Å². The van der Waals surface area contributed by atoms with E-state index in [1.54, 1.807) is 17.4 Å². The quantitative estimate of drug-likeness (QED) is 0.594. The lowest BCUT2D eigenvalue weighted by molar-refractivity contribution is -0.118. The number of amides is 1. The first-order valence-corrected chi connectivity index (χ1v) is 9.08. The second-order valence-corrected chi connectivity index (χ2v) is 6.89. The molecular weight excluding hydrogens is 358 g/mol. The molecule has 1 unspecified atom stereocenters. The minimum atomic E-state index is -0.933. The molecule has 3 N–H and O–H groups in total. The van der Waals surface area contributed by atoms with Crippen molar-refractivity contribution in [3.63, 3.8) is 0 Å². The van der Waals surface area contributed by atoms with Gasteiger partial charge in [-0.3, -0.25) is 4.79 Å². The minimum Gasteiger partial charge on any atom is -0.504 e. The highest BCUT2D eigenvalue weighted by atomic mass is 32.1. The molecule has 0 spiro atoms. The summed E-state index contributed by atoms with van der Waals surface area (Å²) in [5.74, 6) is -1.92. The van der Waals surface area contributed by atoms with Crippen molar-refractivity contribution in [1.29, 1.82) is 5.26 Å². The topological polar surface area (TPSA) is 106 Å². The summed E-state index contributed by atoms with van der Waals surface area (Å²) in [7, 11) is 0. The summed E-state index contributed by atoms with van der Waals surface area (Å²) in [5, 5.41) is 37.0. The minimum absolute atomic E-state index is 0.124. The van der Waals surface area contributed by atoms with Gasteiger partial charge in [0, 0.05) is 16.3 Å². The van der Waals surface area contributed by atoms with Crippen molar-refractivity contribution in [2.75, 3.05) is 5.32 Å². The molecule has 8 heteroatoms. The third kappa shape index (κ3) is 3.96. The highest BCUT2D eigenvalue weighted by molar-refractivity contribution is 7.14. The van der Waals surface area contributed by atoms with Gasteiger partial charge in [0.2, 0.25) is 5.91 Å². The fraction of sp³-hybridized carbons (Fsp3) is 0.118. The van der Waals surface area contributed by atoms with Crippen LogP contribution >= 0.6 is 22.7 Å². The zero-order valence-electron chi connectivity index (χ0n) is 12.8. The van der Waals surface area contributed by atoms with Gasteiger partial charge >= 0.3 is 0 Å². The first kappa shape index (κ1) is 17.0. The normalized spacial score (nSPS) is 11.6. The van der Waals surface area contributed by atoms with Gasteiger partial charge in [0.25, 0.3) is 0 Å². The number of phenols is 2. The molecule has 0 aliphatic heterocycles. The lowest BCUT2D eigenvalue weighted by atomic mass is 9.99. The summed E-state index contributed by atoms with van der Waals surface area (Å²) in [4.78, 5) is 16.7. The van der Waals surface area contributed by atoms with E-state index >= 15 is 0 Å². The van der Waals surface area contributed by atoms with Crippen molar-refractivity contribution in [2.45, 2.75) is 6.42 Å². The summed E-state index contributed by atoms with van der Waals surface area (Å²) in [6.07, 6.45) is 0.124. The molecule has 1 amide bonds. The summed E-state index contributed by atoms with van der Waals surface area (Å²) in [6, 6.07) is 8.13. The Balaban J connectivity index is 1.68. The van der Waals surface area contributed by atoms with Gasteiger partial charge in [-0.05, 0) is 35.6 Å². The van der Waals surface area contributed by atoms with Gasteiger partial charge in [-0.15, -0.1) is 11.3 Å². The molecule has 3 aromatic rings. The number of hydrogen-bond donors (Lipinski definition) is 3. The molecule has 2 heterocycles. The molecule has 0 radical (unpaired) electrons. The standard InChI is InChI=1S/C17H13N3O3S2/c18-7-12(5-10-1-2-14(21)15(22)6-10)16(23)20-17-19-13(9-25-17)11-3-4-24-8-11/h1-4,6,8-9,12,21-22H,5H2,(H,19,20,23). The van der Waals surface area contributed by atoms with Crippen LogP contribution in [-0.2, 0) is 11.2 Å². The van der Waals surface area contributed by atoms with Crippen molar-refractivity contribution in [3.8, 4) is 28.8 Å². The van der Waals surface area contributed by atoms with Crippen LogP contribution in [0.25, 0.3) is 11.3 Å². The van der Waals surface area contributed by atoms with Gasteiger partial charge in [0.05, 0.1) is 11.8 Å². The van der Waals surface area contributed by atoms with E-state index in [9.17, 15) is 20.3 Å². The van der Waals surface area contributed by atoms with Crippen LogP contribution in [-0.4, -0.2) is 21.1 Å². The van der Waals surface area contributed by atoms with Crippen molar-refractivity contribution in [2.24, 2.45) is 5.92 Å². The average Bonchev–Trinajstić information content (AvgIpc) is 3.27. The number of phenolic OH excluding ortho intramolecular Hbond substituents is 2. The Morgan fingerprint density at radius 3 is 2.80 bits per heavy atom. The number of anilines is 1. The monoisotopic (exact) mass is 371 g/mol. The number of nitrogens with one attached hydrogen (secondary N) is 1. The van der Waals surface area contributed by atoms with Crippen molar-refractivity contribution < 1.29 is 15.0 Å². The Morgan fingerprint density at radius 1 is 1.28 bits per heavy atom. The van der Waals surface area contributed by atoms with Crippen LogP contribution in [0.5, 0.6) is 11.5 Å². The molecule has 2 aromatic heterocycles. The van der Waals surface area contributed by atoms with E-state index in [2.05, 4.69) is 10.3 Å². The SMILES string of the molecule is N#CC(Cc1ccc(O)c(O)c1)C(=O)Nc1nc(-c2ccsc2)cs1. The van der Waals surface area contributed by atoms with E-state index in [0.29, 0.717) is 10.7 Å². The van der Waals surface area contributed by atoms with Crippen LogP contribution in [0.3, 0.4) is 0 Å². The maximum absolute atomic E-state index is 12.3. The molecule has 0 aliphatic rings. The highest BCUT2D eigenvalue weighted by Gasteiger charge is 2.20. The lowest BCUT2D eigenvalue weighted by Crippen LogP contribution is -2.23. The number of rotatable bonds is 5. The van der Waals surface area contributed by atoms with Crippen LogP contribution in [0.15, 0.2) is 40.4 Å². The maximum Gasteiger partial charge on any atom is 0.243 e. The number of nitriles is 1. The fourth-order valence-electron chi connectivity index (χ4n) is 2.20. The maximum atomic E-state index is 12.3. The molecule has 3 rings (SSSR count). The largest absolute Gasteiger partial charge is 0.504 e. The molecule has 1 aromatic carbocycles. The zero-order valence-corrected chi connectivity index (χ0v) is 14.5. The molecule has 0 fully saturated rings. The summed E-state index contributed by atoms with van der Waals surface area (Å²) in [6.45, 7) is 0. The number of benzene rings is 1. The van der Waals surface area contributed by atoms with Crippen LogP contribution < -0.4 is 5.32 Å². The molecule has 0 bridgehead atoms. The van der Waals surface area contributed by atoms with E-state index in [1.807, 2.05) is 28.3 Å². The number of thiophene rings is 1. The van der Waals surface area contributed by atoms with Gasteiger partial charge in [-0.2, -0.15) is 16.6 Å². The Labute approximate surface area is 151 Å². The highest BCUT2D eigenvalue weighted by Crippen LogP contribution is 2.28. The van der Waals surface area contributed by atoms with E-state index < -0.39 is 11.8 Å². The fourth-order valence-corrected chi connectivity index (χ4v) is 3.57. The second-order valence-electron chi connectivity index (χ2n) is 5.25. The Bertz CT molecular complexity index is 929. The van der Waals surface area contributed by atoms with E-state index in [0.717, 1.165) is 11.3 Å². The van der Waals surface area contributed by atoms with E-state index in [4.69, 9.17) is 0 Å². The zero-order chi connectivity index (χ0) is 17.8. The first-order valence-electron chi connectivity index (χ1n) is 7.26. The molecule has 126 valence electrons. The number of aromatic nitrogens is 1. The molecule has 1 atom stereocenters. The molecule has 0 saturated heterocycles. The van der Waals surface area contributed by atoms with Crippen LogP contribution in [0.1, 0.15) is 5.56 Å². The van der Waals surface area contributed by atoms with Gasteiger partial charge < -0.3 is 15.5 Å². The number of thiazole rings is 1. The van der Waals surface area contributed by atoms with Crippen LogP contribution in [0.4, 0.5) is 5.13 Å². The first-order chi connectivity index (χ1) is 12.1. The third-order valence-corrected chi connectivity index (χ3v) is 4.94. The average molecular weight is 371 g/mol. The molecule has 25 heavy (non-hydrogen) atoms. The molecule has 0 saturated carbocycles. The van der Waals surface area contributed by atoms with E-state index in [1.165, 1.54) is 23.5 Å². The number of aromatic hydroxyl groups is 2. The molecule has 0 aliphatic carbocycles. The predicted molar refractivity (Wildman–Crippen MR) is 96.6 cm³/mol. The second kappa shape index (κ2) is 7.34. The van der Waals surface area contributed by atoms with Crippen molar-refractivity contribution >= 4 is 33.7 Å². The molecular formula is C17H13N3O3S2. The predicted octanol–water partition coefficient (Wildman–Crippen LogP) is 3.60. The summed E-state index contributed by atoms with van der Waals surface area (Å²) < 4.78 is 0. The smallest absolute Gasteiger partial charge is 0.243 e. The number of hydrogen-bond acceptors (Lipinski definition) is 7. The number of carbonyl (C=O) groups excluding carboxylic acids is 1. The number of carbonyl (C=O) groups is 1. The van der Waals surface area contributed by atoms with Crippen LogP contribution in [0.2, 0.25) is 0 Å². The Kier molecular flexibility index (Phi) is 4.97. The molecule has 6 nitrogen and oxygen atoms in total. The summed E-state index contributed by atoms with van der Waals surface area (Å²) in [5.41, 5.74) is 2.34. The van der Waals surface area contributed by atoms with E-state index in [-0.39, 0.29) is 17.9 Å². The van der Waals surface area contributed by atoms with Crippen molar-refractivity contribution in [3.05, 3.63) is 46.0 Å². The van der Waals surface area contributed by atoms with Gasteiger partial charge in [-0.1, -0.05) is 6.07 Å². The summed E-state index contributed by atoms with van der Waals surface area (Å²) >= 11 is 2.86. The van der Waals surface area contributed by atoms with Crippen molar-refractivity contribution in [1.82, 2.24) is 4.98 Å². The van der Waals surface area contributed by atoms with Gasteiger partial charge in [0.1, 0.15) is 5.92 Å².